The molecule has 0 fully saturated rings. The number of furan rings is 1. The molecule has 180 valence electrons. The Morgan fingerprint density at radius 1 is 0.833 bits per heavy atom. The van der Waals surface area contributed by atoms with Gasteiger partial charge in [0.1, 0.15) is 5.76 Å². The van der Waals surface area contributed by atoms with Gasteiger partial charge in [-0.3, -0.25) is 9.59 Å². The number of carbonyl (C=O) groups excluding carboxylic acids is 2. The number of hydrazone groups is 1. The molecule has 0 saturated carbocycles. The van der Waals surface area contributed by atoms with Crippen molar-refractivity contribution in [2.45, 2.75) is 32.7 Å². The van der Waals surface area contributed by atoms with Gasteiger partial charge in [-0.2, -0.15) is 5.10 Å². The fourth-order valence-electron chi connectivity index (χ4n) is 4.48. The Bertz CT molecular complexity index is 1410. The molecule has 6 heteroatoms. The minimum Gasteiger partial charge on any atom is -0.455 e. The van der Waals surface area contributed by atoms with E-state index in [4.69, 9.17) is 4.42 Å². The van der Waals surface area contributed by atoms with Crippen molar-refractivity contribution in [1.82, 2.24) is 10.7 Å². The largest absolute Gasteiger partial charge is 0.455 e. The molecule has 0 unspecified atom stereocenters. The number of benzene rings is 3. The van der Waals surface area contributed by atoms with Gasteiger partial charge in [0.05, 0.1) is 5.71 Å². The average Bonchev–Trinajstić information content (AvgIpc) is 3.28. The zero-order valence-electron chi connectivity index (χ0n) is 20.1. The number of carbonyl (C=O) groups is 2. The third-order valence-corrected chi connectivity index (χ3v) is 6.37. The molecular weight excluding hydrogens is 450 g/mol. The maximum atomic E-state index is 12.8. The maximum absolute atomic E-state index is 12.8. The van der Waals surface area contributed by atoms with Crippen molar-refractivity contribution in [2.24, 2.45) is 5.10 Å². The summed E-state index contributed by atoms with van der Waals surface area (Å²) in [5.41, 5.74) is 8.67. The molecule has 36 heavy (non-hydrogen) atoms. The van der Waals surface area contributed by atoms with Crippen LogP contribution in [-0.4, -0.2) is 17.5 Å². The summed E-state index contributed by atoms with van der Waals surface area (Å²) in [5.74, 6) is 0.501. The van der Waals surface area contributed by atoms with Crippen molar-refractivity contribution in [2.75, 3.05) is 0 Å². The molecule has 3 aromatic carbocycles. The second kappa shape index (κ2) is 10.4. The van der Waals surface area contributed by atoms with Crippen LogP contribution in [0.3, 0.4) is 0 Å². The molecule has 1 aliphatic carbocycles. The third-order valence-electron chi connectivity index (χ3n) is 6.37. The predicted octanol–water partition coefficient (Wildman–Crippen LogP) is 5.66. The standard InChI is InChI=1S/C30H27N3O3/c1-20-27-25(32-33-29(34)24-17-15-23(16-18-24)22-11-6-3-7-12-22)13-8-14-26(27)36-28(20)30(35)31-19-21-9-4-2-5-10-21/h2-7,9-12,15-18H,8,13-14,19H2,1H3,(H,31,35)(H,33,34)/b32-25+. The van der Waals surface area contributed by atoms with Crippen molar-refractivity contribution < 1.29 is 14.0 Å². The van der Waals surface area contributed by atoms with Crippen LogP contribution in [-0.2, 0) is 13.0 Å². The van der Waals surface area contributed by atoms with Gasteiger partial charge >= 0.3 is 0 Å². The average molecular weight is 478 g/mol. The monoisotopic (exact) mass is 477 g/mol. The van der Waals surface area contributed by atoms with Crippen molar-refractivity contribution in [3.8, 4) is 11.1 Å². The Labute approximate surface area is 210 Å². The summed E-state index contributed by atoms with van der Waals surface area (Å²) in [6.45, 7) is 2.29. The van der Waals surface area contributed by atoms with Gasteiger partial charge in [0, 0.05) is 29.7 Å². The van der Waals surface area contributed by atoms with E-state index in [2.05, 4.69) is 15.8 Å². The van der Waals surface area contributed by atoms with Crippen molar-refractivity contribution in [3.05, 3.63) is 119 Å². The molecule has 0 aliphatic heterocycles. The van der Waals surface area contributed by atoms with Crippen molar-refractivity contribution in [1.29, 1.82) is 0 Å². The van der Waals surface area contributed by atoms with Crippen LogP contribution < -0.4 is 10.7 Å². The van der Waals surface area contributed by atoms with Crippen LogP contribution in [0.5, 0.6) is 0 Å². The number of nitrogens with zero attached hydrogens (tertiary/aromatic N) is 1. The fourth-order valence-corrected chi connectivity index (χ4v) is 4.48. The van der Waals surface area contributed by atoms with E-state index in [1.807, 2.05) is 79.7 Å². The van der Waals surface area contributed by atoms with Gasteiger partial charge in [-0.05, 0) is 48.6 Å². The lowest BCUT2D eigenvalue weighted by Crippen LogP contribution is -2.23. The molecule has 4 aromatic rings. The molecule has 0 radical (unpaired) electrons. The van der Waals surface area contributed by atoms with Crippen LogP contribution in [0, 0.1) is 6.92 Å². The molecule has 0 spiro atoms. The highest BCUT2D eigenvalue weighted by Crippen LogP contribution is 2.30. The summed E-state index contributed by atoms with van der Waals surface area (Å²) in [4.78, 5) is 25.6. The van der Waals surface area contributed by atoms with Gasteiger partial charge in [0.25, 0.3) is 11.8 Å². The van der Waals surface area contributed by atoms with Crippen LogP contribution in [0.1, 0.15) is 56.2 Å². The Kier molecular flexibility index (Phi) is 6.76. The summed E-state index contributed by atoms with van der Waals surface area (Å²) >= 11 is 0. The summed E-state index contributed by atoms with van der Waals surface area (Å²) < 4.78 is 5.96. The number of fused-ring (bicyclic) bond motifs is 1. The van der Waals surface area contributed by atoms with Gasteiger partial charge in [-0.1, -0.05) is 72.8 Å². The quantitative estimate of drug-likeness (QED) is 0.352. The fraction of sp³-hybridized carbons (Fsp3) is 0.167. The van der Waals surface area contributed by atoms with E-state index in [1.165, 1.54) is 0 Å². The molecule has 1 aromatic heterocycles. The topological polar surface area (TPSA) is 83.7 Å². The molecule has 0 atom stereocenters. The first-order valence-corrected chi connectivity index (χ1v) is 12.1. The van der Waals surface area contributed by atoms with E-state index < -0.39 is 0 Å². The van der Waals surface area contributed by atoms with Gasteiger partial charge in [0.2, 0.25) is 0 Å². The highest BCUT2D eigenvalue weighted by Gasteiger charge is 2.28. The van der Waals surface area contributed by atoms with Crippen LogP contribution in [0.2, 0.25) is 0 Å². The van der Waals surface area contributed by atoms with E-state index in [1.54, 1.807) is 12.1 Å². The summed E-state index contributed by atoms with van der Waals surface area (Å²) in [6, 6.07) is 27.2. The molecular formula is C30H27N3O3. The van der Waals surface area contributed by atoms with Crippen molar-refractivity contribution in [3.63, 3.8) is 0 Å². The second-order valence-electron chi connectivity index (χ2n) is 8.82. The molecule has 0 saturated heterocycles. The molecule has 2 N–H and O–H groups in total. The Morgan fingerprint density at radius 2 is 1.50 bits per heavy atom. The van der Waals surface area contributed by atoms with Gasteiger partial charge in [0.15, 0.2) is 5.76 Å². The molecule has 0 bridgehead atoms. The van der Waals surface area contributed by atoms with E-state index in [0.717, 1.165) is 52.1 Å². The van der Waals surface area contributed by atoms with Crippen LogP contribution >= 0.6 is 0 Å². The number of nitrogens with one attached hydrogen (secondary N) is 2. The molecule has 5 rings (SSSR count). The SMILES string of the molecule is Cc1c(C(=O)NCc2ccccc2)oc2c1/C(=N/NC(=O)c1ccc(-c3ccccc3)cc1)CCC2. The van der Waals surface area contributed by atoms with Crippen LogP contribution in [0.15, 0.2) is 94.4 Å². The van der Waals surface area contributed by atoms with E-state index in [0.29, 0.717) is 24.3 Å². The number of amides is 2. The molecule has 6 nitrogen and oxygen atoms in total. The Balaban J connectivity index is 1.29. The lowest BCUT2D eigenvalue weighted by Gasteiger charge is -2.13. The number of hydrogen-bond acceptors (Lipinski definition) is 4. The molecule has 1 aliphatic rings. The lowest BCUT2D eigenvalue weighted by atomic mass is 9.93. The number of aryl methyl sites for hydroxylation is 1. The normalized spacial score (nSPS) is 13.8. The zero-order valence-corrected chi connectivity index (χ0v) is 20.1. The predicted molar refractivity (Wildman–Crippen MR) is 140 cm³/mol. The van der Waals surface area contributed by atoms with Crippen LogP contribution in [0.4, 0.5) is 0 Å². The minimum atomic E-state index is -0.281. The second-order valence-corrected chi connectivity index (χ2v) is 8.82. The number of rotatable bonds is 6. The van der Waals surface area contributed by atoms with Gasteiger partial charge in [-0.25, -0.2) is 5.43 Å². The molecule has 2 amide bonds. The summed E-state index contributed by atoms with van der Waals surface area (Å²) in [7, 11) is 0. The zero-order chi connectivity index (χ0) is 24.9. The van der Waals surface area contributed by atoms with E-state index >= 15 is 0 Å². The van der Waals surface area contributed by atoms with E-state index in [9.17, 15) is 9.59 Å². The van der Waals surface area contributed by atoms with E-state index in [-0.39, 0.29) is 11.8 Å². The van der Waals surface area contributed by atoms with Gasteiger partial charge in [-0.15, -0.1) is 0 Å². The lowest BCUT2D eigenvalue weighted by molar-refractivity contribution is 0.0919. The number of hydrogen-bond donors (Lipinski definition) is 2. The summed E-state index contributed by atoms with van der Waals surface area (Å²) in [6.07, 6.45) is 2.27. The smallest absolute Gasteiger partial charge is 0.287 e. The first-order chi connectivity index (χ1) is 17.6. The van der Waals surface area contributed by atoms with Crippen molar-refractivity contribution >= 4 is 17.5 Å². The first kappa shape index (κ1) is 23.3. The van der Waals surface area contributed by atoms with Gasteiger partial charge < -0.3 is 9.73 Å². The minimum absolute atomic E-state index is 0.257. The maximum Gasteiger partial charge on any atom is 0.287 e. The Hall–Kier alpha value is -4.45. The highest BCUT2D eigenvalue weighted by atomic mass is 16.4. The Morgan fingerprint density at radius 3 is 2.22 bits per heavy atom. The highest BCUT2D eigenvalue weighted by molar-refractivity contribution is 6.07. The first-order valence-electron chi connectivity index (χ1n) is 12.1. The molecule has 1 heterocycles. The van der Waals surface area contributed by atoms with Crippen LogP contribution in [0.25, 0.3) is 11.1 Å². The third kappa shape index (κ3) is 4.98. The summed E-state index contributed by atoms with van der Waals surface area (Å²) in [5, 5.41) is 7.36.